The Balaban J connectivity index is 2.22. The molecule has 1 N–H and O–H groups in total. The van der Waals surface area contributed by atoms with E-state index in [0.717, 1.165) is 11.8 Å². The van der Waals surface area contributed by atoms with Crippen LogP contribution in [0.2, 0.25) is 0 Å². The van der Waals surface area contributed by atoms with Crippen molar-refractivity contribution in [3.05, 3.63) is 54.1 Å². The minimum absolute atomic E-state index is 0.0834. The Hall–Kier alpha value is -3.27. The Morgan fingerprint density at radius 3 is 2.21 bits per heavy atom. The number of rotatable bonds is 15. The van der Waals surface area contributed by atoms with Crippen molar-refractivity contribution in [3.63, 3.8) is 0 Å². The summed E-state index contributed by atoms with van der Waals surface area (Å²) < 4.78 is 36.8. The number of hydrogen-bond donors (Lipinski definition) is 1. The Morgan fingerprint density at radius 1 is 1.00 bits per heavy atom. The number of amides is 2. The van der Waals surface area contributed by atoms with Gasteiger partial charge >= 0.3 is 0 Å². The van der Waals surface area contributed by atoms with Crippen LogP contribution in [0.1, 0.15) is 45.6 Å². The van der Waals surface area contributed by atoms with E-state index in [1.165, 1.54) is 11.4 Å². The van der Waals surface area contributed by atoms with Crippen molar-refractivity contribution in [1.29, 1.82) is 0 Å². The molecule has 1 atom stereocenters. The second kappa shape index (κ2) is 14.6. The first-order chi connectivity index (χ1) is 18.0. The van der Waals surface area contributed by atoms with Gasteiger partial charge in [0.05, 0.1) is 26.2 Å². The third-order valence-electron chi connectivity index (χ3n) is 6.08. The fourth-order valence-corrected chi connectivity index (χ4v) is 5.00. The van der Waals surface area contributed by atoms with Gasteiger partial charge in [-0.3, -0.25) is 13.9 Å². The van der Waals surface area contributed by atoms with Crippen molar-refractivity contribution in [2.24, 2.45) is 5.92 Å². The monoisotopic (exact) mass is 547 g/mol. The Bertz CT molecular complexity index is 1150. The molecular weight excluding hydrogens is 506 g/mol. The van der Waals surface area contributed by atoms with Gasteiger partial charge in [0.2, 0.25) is 21.8 Å². The first-order valence-electron chi connectivity index (χ1n) is 12.8. The number of hydrogen-bond acceptors (Lipinski definition) is 6. The summed E-state index contributed by atoms with van der Waals surface area (Å²) in [5.41, 5.74) is 1.33. The number of nitrogens with one attached hydrogen (secondary N) is 1. The number of carbonyl (C=O) groups is 2. The molecule has 210 valence electrons. The minimum Gasteiger partial charge on any atom is -0.497 e. The maximum absolute atomic E-state index is 13.5. The van der Waals surface area contributed by atoms with E-state index in [-0.39, 0.29) is 43.7 Å². The molecule has 10 heteroatoms. The second-order valence-corrected chi connectivity index (χ2v) is 11.5. The van der Waals surface area contributed by atoms with E-state index in [9.17, 15) is 18.0 Å². The molecule has 9 nitrogen and oxygen atoms in total. The van der Waals surface area contributed by atoms with E-state index >= 15 is 0 Å². The van der Waals surface area contributed by atoms with Gasteiger partial charge in [-0.15, -0.1) is 0 Å². The average Bonchev–Trinajstić information content (AvgIpc) is 2.89. The average molecular weight is 548 g/mol. The highest BCUT2D eigenvalue weighted by atomic mass is 32.2. The number of anilines is 1. The summed E-state index contributed by atoms with van der Waals surface area (Å²) in [5.74, 6) is 1.10. The predicted octanol–water partition coefficient (Wildman–Crippen LogP) is 3.83. The van der Waals surface area contributed by atoms with Gasteiger partial charge in [-0.2, -0.15) is 0 Å². The zero-order chi connectivity index (χ0) is 28.3. The molecular formula is C28H41N3O6S. The van der Waals surface area contributed by atoms with Crippen LogP contribution in [0.5, 0.6) is 11.5 Å². The molecule has 0 aliphatic heterocycles. The molecule has 0 aromatic heterocycles. The van der Waals surface area contributed by atoms with Gasteiger partial charge in [0, 0.05) is 32.1 Å². The molecule has 0 aliphatic carbocycles. The fourth-order valence-electron chi connectivity index (χ4n) is 4.04. The molecule has 0 saturated heterocycles. The highest BCUT2D eigenvalue weighted by Crippen LogP contribution is 2.24. The lowest BCUT2D eigenvalue weighted by Gasteiger charge is -2.31. The summed E-state index contributed by atoms with van der Waals surface area (Å²) >= 11 is 0. The van der Waals surface area contributed by atoms with E-state index in [4.69, 9.17) is 9.47 Å². The third-order valence-corrected chi connectivity index (χ3v) is 7.27. The minimum atomic E-state index is -3.59. The molecule has 0 aliphatic rings. The summed E-state index contributed by atoms with van der Waals surface area (Å²) in [6, 6.07) is 13.5. The molecule has 0 fully saturated rings. The van der Waals surface area contributed by atoms with Crippen LogP contribution in [0.4, 0.5) is 5.69 Å². The molecule has 2 amide bonds. The van der Waals surface area contributed by atoms with Crippen molar-refractivity contribution in [3.8, 4) is 11.5 Å². The summed E-state index contributed by atoms with van der Waals surface area (Å²) in [5, 5.41) is 2.95. The molecule has 0 radical (unpaired) electrons. The molecule has 0 unspecified atom stereocenters. The second-order valence-electron chi connectivity index (χ2n) is 9.57. The van der Waals surface area contributed by atoms with E-state index in [1.54, 1.807) is 36.3 Å². The zero-order valence-electron chi connectivity index (χ0n) is 23.3. The lowest BCUT2D eigenvalue weighted by Crippen LogP contribution is -2.49. The van der Waals surface area contributed by atoms with Crippen LogP contribution in [0.3, 0.4) is 0 Å². The van der Waals surface area contributed by atoms with Crippen LogP contribution in [0.25, 0.3) is 0 Å². The lowest BCUT2D eigenvalue weighted by molar-refractivity contribution is -0.141. The Labute approximate surface area is 227 Å². The highest BCUT2D eigenvalue weighted by Gasteiger charge is 2.29. The molecule has 0 spiro atoms. The summed E-state index contributed by atoms with van der Waals surface area (Å²) in [6.07, 6.45) is 1.95. The smallest absolute Gasteiger partial charge is 0.242 e. The maximum Gasteiger partial charge on any atom is 0.242 e. The van der Waals surface area contributed by atoms with Crippen LogP contribution >= 0.6 is 0 Å². The highest BCUT2D eigenvalue weighted by molar-refractivity contribution is 7.92. The van der Waals surface area contributed by atoms with Gasteiger partial charge in [0.1, 0.15) is 17.5 Å². The van der Waals surface area contributed by atoms with Crippen molar-refractivity contribution in [1.82, 2.24) is 10.2 Å². The molecule has 0 saturated carbocycles. The van der Waals surface area contributed by atoms with Gasteiger partial charge in [-0.05, 0) is 48.6 Å². The van der Waals surface area contributed by atoms with Gasteiger partial charge in [-0.25, -0.2) is 8.42 Å². The van der Waals surface area contributed by atoms with Crippen molar-refractivity contribution in [2.75, 3.05) is 37.9 Å². The van der Waals surface area contributed by atoms with Crippen molar-refractivity contribution < 1.29 is 27.5 Å². The lowest BCUT2D eigenvalue weighted by atomic mass is 10.1. The third kappa shape index (κ3) is 9.24. The Morgan fingerprint density at radius 2 is 1.66 bits per heavy atom. The summed E-state index contributed by atoms with van der Waals surface area (Å²) in [4.78, 5) is 28.2. The number of ether oxygens (including phenoxy) is 2. The van der Waals surface area contributed by atoms with Gasteiger partial charge < -0.3 is 19.7 Å². The predicted molar refractivity (Wildman–Crippen MR) is 150 cm³/mol. The molecule has 0 bridgehead atoms. The number of carbonyl (C=O) groups excluding carboxylic acids is 2. The summed E-state index contributed by atoms with van der Waals surface area (Å²) in [6.45, 7) is 6.78. The largest absolute Gasteiger partial charge is 0.497 e. The first kappa shape index (κ1) is 31.0. The molecule has 2 aromatic carbocycles. The first-order valence-corrected chi connectivity index (χ1v) is 14.7. The fraction of sp³-hybridized carbons (Fsp3) is 0.500. The quantitative estimate of drug-likeness (QED) is 0.363. The van der Waals surface area contributed by atoms with E-state index in [1.807, 2.05) is 45.0 Å². The van der Waals surface area contributed by atoms with E-state index < -0.39 is 16.1 Å². The molecule has 0 heterocycles. The van der Waals surface area contributed by atoms with Gasteiger partial charge in [-0.1, -0.05) is 39.0 Å². The molecule has 2 rings (SSSR count). The number of benzene rings is 2. The topological polar surface area (TPSA) is 105 Å². The van der Waals surface area contributed by atoms with E-state index in [2.05, 4.69) is 5.32 Å². The zero-order valence-corrected chi connectivity index (χ0v) is 24.1. The van der Waals surface area contributed by atoms with Crippen LogP contribution < -0.4 is 19.1 Å². The van der Waals surface area contributed by atoms with Gasteiger partial charge in [0.15, 0.2) is 0 Å². The number of sulfonamides is 1. The van der Waals surface area contributed by atoms with Crippen LogP contribution in [-0.2, 0) is 26.2 Å². The SMILES string of the molecule is CC[C@@H](C(=O)NCC(C)C)N(Cc1ccc(OC)cc1)C(=O)CCCN(c1cccc(OC)c1)S(C)(=O)=O. The number of nitrogens with zero attached hydrogens (tertiary/aromatic N) is 2. The standard InChI is InChI=1S/C28H41N3O6S/c1-7-26(28(33)29-19-21(2)3)30(20-22-13-15-24(36-4)16-14-22)27(32)12-9-17-31(38(6,34)35)23-10-8-11-25(18-23)37-5/h8,10-11,13-16,18,21,26H,7,9,12,17,19-20H2,1-6H3,(H,29,33)/t26-/m0/s1. The summed E-state index contributed by atoms with van der Waals surface area (Å²) in [7, 11) is -0.488. The van der Waals surface area contributed by atoms with Crippen LogP contribution in [0.15, 0.2) is 48.5 Å². The van der Waals surface area contributed by atoms with Crippen LogP contribution in [0, 0.1) is 5.92 Å². The van der Waals surface area contributed by atoms with Crippen molar-refractivity contribution in [2.45, 2.75) is 52.6 Å². The van der Waals surface area contributed by atoms with Gasteiger partial charge in [0.25, 0.3) is 0 Å². The normalized spacial score (nSPS) is 12.1. The Kier molecular flexibility index (Phi) is 11.9. The number of methoxy groups -OCH3 is 2. The van der Waals surface area contributed by atoms with E-state index in [0.29, 0.717) is 30.2 Å². The van der Waals surface area contributed by atoms with Crippen LogP contribution in [-0.4, -0.2) is 64.7 Å². The van der Waals surface area contributed by atoms with Crippen molar-refractivity contribution >= 4 is 27.5 Å². The molecule has 38 heavy (non-hydrogen) atoms. The maximum atomic E-state index is 13.5. The molecule has 2 aromatic rings.